The Morgan fingerprint density at radius 2 is 2.00 bits per heavy atom. The van der Waals surface area contributed by atoms with Crippen molar-refractivity contribution >= 4 is 39.8 Å². The van der Waals surface area contributed by atoms with Crippen molar-refractivity contribution in [2.24, 2.45) is 0 Å². The molecule has 9 nitrogen and oxygen atoms in total. The molecule has 2 aromatic carbocycles. The maximum Gasteiger partial charge on any atom is 0.277 e. The van der Waals surface area contributed by atoms with Crippen LogP contribution < -0.4 is 5.32 Å². The number of non-ortho nitro benzene ring substituents is 1. The van der Waals surface area contributed by atoms with Gasteiger partial charge in [0.15, 0.2) is 5.13 Å². The summed E-state index contributed by atoms with van der Waals surface area (Å²) in [5.41, 5.74) is 4.27. The summed E-state index contributed by atoms with van der Waals surface area (Å²) >= 11 is 2.37. The minimum atomic E-state index is -0.460. The maximum atomic E-state index is 12.3. The maximum absolute atomic E-state index is 12.3. The quantitative estimate of drug-likeness (QED) is 0.226. The van der Waals surface area contributed by atoms with E-state index in [9.17, 15) is 14.9 Å². The lowest BCUT2D eigenvalue weighted by Gasteiger charge is -2.01. The Hall–Kier alpha value is -3.57. The number of nitro groups is 1. The highest BCUT2D eigenvalue weighted by Gasteiger charge is 2.14. The number of nitrogens with one attached hydrogen (secondary N) is 1. The zero-order valence-corrected chi connectivity index (χ0v) is 18.7. The summed E-state index contributed by atoms with van der Waals surface area (Å²) in [6.45, 7) is 4.04. The van der Waals surface area contributed by atoms with Gasteiger partial charge in [0.1, 0.15) is 0 Å². The van der Waals surface area contributed by atoms with Gasteiger partial charge in [0.25, 0.3) is 10.9 Å². The Balaban J connectivity index is 1.35. The van der Waals surface area contributed by atoms with E-state index in [2.05, 4.69) is 20.5 Å². The number of aromatic nitrogens is 3. The summed E-state index contributed by atoms with van der Waals surface area (Å²) in [4.78, 5) is 27.1. The molecule has 0 unspecified atom stereocenters. The number of aryl methyl sites for hydroxylation is 2. The van der Waals surface area contributed by atoms with Gasteiger partial charge in [-0.2, -0.15) is 0 Å². The van der Waals surface area contributed by atoms with Crippen molar-refractivity contribution in [2.75, 3.05) is 11.1 Å². The zero-order valence-electron chi connectivity index (χ0n) is 17.1. The Morgan fingerprint density at radius 1 is 1.16 bits per heavy atom. The van der Waals surface area contributed by atoms with Crippen LogP contribution in [0.25, 0.3) is 22.7 Å². The molecule has 0 aliphatic heterocycles. The molecule has 0 saturated heterocycles. The molecule has 1 N–H and O–H groups in total. The van der Waals surface area contributed by atoms with Crippen LogP contribution in [0, 0.1) is 24.0 Å². The highest BCUT2D eigenvalue weighted by Crippen LogP contribution is 2.28. The molecule has 162 valence electrons. The first-order valence-electron chi connectivity index (χ1n) is 9.43. The molecular weight excluding hydrogens is 450 g/mol. The number of nitrogens with zero attached hydrogens (tertiary/aromatic N) is 4. The van der Waals surface area contributed by atoms with E-state index >= 15 is 0 Å². The summed E-state index contributed by atoms with van der Waals surface area (Å²) in [6.07, 6.45) is 0. The second-order valence-electron chi connectivity index (χ2n) is 6.85. The molecule has 11 heteroatoms. The Morgan fingerprint density at radius 3 is 2.78 bits per heavy atom. The fourth-order valence-corrected chi connectivity index (χ4v) is 4.08. The number of anilines is 1. The van der Waals surface area contributed by atoms with Gasteiger partial charge in [0.2, 0.25) is 11.8 Å². The van der Waals surface area contributed by atoms with Gasteiger partial charge in [-0.15, -0.1) is 21.5 Å². The Kier molecular flexibility index (Phi) is 6.28. The van der Waals surface area contributed by atoms with Crippen LogP contribution in [-0.4, -0.2) is 31.8 Å². The van der Waals surface area contributed by atoms with Gasteiger partial charge < -0.3 is 9.73 Å². The first kappa shape index (κ1) is 21.7. The number of hydrogen-bond donors (Lipinski definition) is 1. The third-order valence-electron chi connectivity index (χ3n) is 4.59. The summed E-state index contributed by atoms with van der Waals surface area (Å²) in [7, 11) is 0. The molecule has 1 amide bonds. The van der Waals surface area contributed by atoms with Crippen LogP contribution in [0.15, 0.2) is 57.5 Å². The van der Waals surface area contributed by atoms with E-state index in [1.54, 1.807) is 17.5 Å². The van der Waals surface area contributed by atoms with Crippen molar-refractivity contribution in [3.05, 3.63) is 69.1 Å². The molecule has 0 spiro atoms. The third-order valence-corrected chi connectivity index (χ3v) is 6.17. The van der Waals surface area contributed by atoms with Gasteiger partial charge >= 0.3 is 0 Å². The van der Waals surface area contributed by atoms with E-state index in [0.717, 1.165) is 22.9 Å². The average Bonchev–Trinajstić information content (AvgIpc) is 3.44. The largest absolute Gasteiger partial charge is 0.411 e. The third kappa shape index (κ3) is 5.01. The molecule has 2 aromatic heterocycles. The van der Waals surface area contributed by atoms with E-state index in [1.807, 2.05) is 32.0 Å². The fourth-order valence-electron chi connectivity index (χ4n) is 2.78. The number of thiazole rings is 1. The van der Waals surface area contributed by atoms with Crippen molar-refractivity contribution < 1.29 is 14.1 Å². The zero-order chi connectivity index (χ0) is 22.7. The lowest BCUT2D eigenvalue weighted by molar-refractivity contribution is -0.384. The lowest BCUT2D eigenvalue weighted by Crippen LogP contribution is -2.13. The number of carbonyl (C=O) groups is 1. The first-order chi connectivity index (χ1) is 15.4. The molecule has 0 saturated carbocycles. The van der Waals surface area contributed by atoms with Crippen molar-refractivity contribution in [3.8, 4) is 22.7 Å². The number of hydrogen-bond acceptors (Lipinski definition) is 9. The van der Waals surface area contributed by atoms with Gasteiger partial charge in [-0.3, -0.25) is 14.9 Å². The Labute approximate surface area is 191 Å². The van der Waals surface area contributed by atoms with Crippen LogP contribution in [0.5, 0.6) is 0 Å². The summed E-state index contributed by atoms with van der Waals surface area (Å²) < 4.78 is 5.65. The number of nitro benzene ring substituents is 1. The molecule has 0 fully saturated rings. The standard InChI is InChI=1S/C21H17N5O4S2/c1-12-6-7-15(8-13(12)2)19-24-25-21(30-19)32-11-18(27)23-20-22-17(10-31-20)14-4-3-5-16(9-14)26(28)29/h3-10H,11H2,1-2H3,(H,22,23,27). The van der Waals surface area contributed by atoms with E-state index in [-0.39, 0.29) is 17.3 Å². The molecule has 32 heavy (non-hydrogen) atoms. The van der Waals surface area contributed by atoms with Crippen LogP contribution in [0.4, 0.5) is 10.8 Å². The highest BCUT2D eigenvalue weighted by molar-refractivity contribution is 7.99. The topological polar surface area (TPSA) is 124 Å². The van der Waals surface area contributed by atoms with Crippen LogP contribution >= 0.6 is 23.1 Å². The van der Waals surface area contributed by atoms with Gasteiger partial charge in [-0.05, 0) is 37.1 Å². The van der Waals surface area contributed by atoms with E-state index in [4.69, 9.17) is 4.42 Å². The molecule has 0 radical (unpaired) electrons. The van der Waals surface area contributed by atoms with Gasteiger partial charge in [0.05, 0.1) is 16.4 Å². The second kappa shape index (κ2) is 9.28. The summed E-state index contributed by atoms with van der Waals surface area (Å²) in [5.74, 6) is 0.193. The van der Waals surface area contributed by atoms with Crippen molar-refractivity contribution in [3.63, 3.8) is 0 Å². The predicted octanol–water partition coefficient (Wildman–Crippen LogP) is 5.12. The van der Waals surface area contributed by atoms with Gasteiger partial charge in [0, 0.05) is 28.6 Å². The Bertz CT molecular complexity index is 1300. The number of thioether (sulfide) groups is 1. The molecule has 0 aliphatic carbocycles. The summed E-state index contributed by atoms with van der Waals surface area (Å²) in [6, 6.07) is 12.1. The minimum absolute atomic E-state index is 0.0165. The van der Waals surface area contributed by atoms with Crippen LogP contribution in [0.3, 0.4) is 0 Å². The van der Waals surface area contributed by atoms with Gasteiger partial charge in [-0.1, -0.05) is 30.0 Å². The second-order valence-corrected chi connectivity index (χ2v) is 8.64. The molecule has 0 aliphatic rings. The lowest BCUT2D eigenvalue weighted by atomic mass is 10.1. The van der Waals surface area contributed by atoms with Crippen LogP contribution in [0.1, 0.15) is 11.1 Å². The predicted molar refractivity (Wildman–Crippen MR) is 123 cm³/mol. The number of benzene rings is 2. The van der Waals surface area contributed by atoms with Crippen LogP contribution in [-0.2, 0) is 4.79 Å². The smallest absolute Gasteiger partial charge is 0.277 e. The van der Waals surface area contributed by atoms with Crippen molar-refractivity contribution in [1.29, 1.82) is 0 Å². The number of rotatable bonds is 7. The molecule has 2 heterocycles. The fraction of sp³-hybridized carbons (Fsp3) is 0.143. The molecule has 0 bridgehead atoms. The monoisotopic (exact) mass is 467 g/mol. The molecule has 4 rings (SSSR count). The highest BCUT2D eigenvalue weighted by atomic mass is 32.2. The minimum Gasteiger partial charge on any atom is -0.411 e. The normalized spacial score (nSPS) is 10.8. The van der Waals surface area contributed by atoms with Gasteiger partial charge in [-0.25, -0.2) is 4.98 Å². The van der Waals surface area contributed by atoms with Crippen LogP contribution in [0.2, 0.25) is 0 Å². The average molecular weight is 468 g/mol. The van der Waals surface area contributed by atoms with E-state index in [1.165, 1.54) is 29.0 Å². The van der Waals surface area contributed by atoms with E-state index in [0.29, 0.717) is 27.5 Å². The SMILES string of the molecule is Cc1ccc(-c2nnc(SCC(=O)Nc3nc(-c4cccc([N+](=O)[O-])c4)cs3)o2)cc1C. The number of carbonyl (C=O) groups excluding carboxylic acids is 1. The summed E-state index contributed by atoms with van der Waals surface area (Å²) in [5, 5.41) is 24.1. The number of amides is 1. The van der Waals surface area contributed by atoms with E-state index < -0.39 is 4.92 Å². The molecular formula is C21H17N5O4S2. The molecule has 4 aromatic rings. The first-order valence-corrected chi connectivity index (χ1v) is 11.3. The van der Waals surface area contributed by atoms with Crippen molar-refractivity contribution in [1.82, 2.24) is 15.2 Å². The molecule has 0 atom stereocenters. The van der Waals surface area contributed by atoms with Crippen molar-refractivity contribution in [2.45, 2.75) is 19.1 Å².